The Morgan fingerprint density at radius 2 is 2.26 bits per heavy atom. The van der Waals surface area contributed by atoms with E-state index in [0.717, 1.165) is 47.4 Å². The standard InChI is InChI=1S/C14H19ClN2OS/c1-3-7-17-13-6-5-11(15)10-12(13)16-14(17)19-9-4-8-18-2/h5-6,10H,3-4,7-9H2,1-2H3. The van der Waals surface area contributed by atoms with Gasteiger partial charge in [-0.25, -0.2) is 4.98 Å². The molecule has 0 fully saturated rings. The SMILES string of the molecule is CCCn1c(SCCCOC)nc2cc(Cl)ccc21. The zero-order chi connectivity index (χ0) is 13.7. The normalized spacial score (nSPS) is 11.3. The van der Waals surface area contributed by atoms with Crippen molar-refractivity contribution >= 4 is 34.4 Å². The molecule has 1 heterocycles. The Labute approximate surface area is 123 Å². The average Bonchev–Trinajstić information content (AvgIpc) is 2.73. The molecule has 1 aromatic heterocycles. The van der Waals surface area contributed by atoms with Gasteiger partial charge in [0.1, 0.15) is 0 Å². The van der Waals surface area contributed by atoms with Crippen molar-refractivity contribution in [2.75, 3.05) is 19.5 Å². The van der Waals surface area contributed by atoms with Crippen LogP contribution in [0.4, 0.5) is 0 Å². The number of fused-ring (bicyclic) bond motifs is 1. The number of rotatable bonds is 7. The Bertz CT molecular complexity index is 541. The first kappa shape index (κ1) is 14.7. The third-order valence-corrected chi connectivity index (χ3v) is 4.14. The van der Waals surface area contributed by atoms with Crippen LogP contribution in [0.2, 0.25) is 5.02 Å². The molecule has 0 N–H and O–H groups in total. The second-order valence-corrected chi connectivity index (χ2v) is 5.87. The number of imidazole rings is 1. The molecular formula is C14H19ClN2OS. The number of methoxy groups -OCH3 is 1. The van der Waals surface area contributed by atoms with Crippen LogP contribution >= 0.6 is 23.4 Å². The highest BCUT2D eigenvalue weighted by molar-refractivity contribution is 7.99. The van der Waals surface area contributed by atoms with Crippen molar-refractivity contribution in [1.29, 1.82) is 0 Å². The summed E-state index contributed by atoms with van der Waals surface area (Å²) in [5.41, 5.74) is 2.15. The van der Waals surface area contributed by atoms with Crippen LogP contribution in [0.25, 0.3) is 11.0 Å². The predicted molar refractivity (Wildman–Crippen MR) is 82.3 cm³/mol. The van der Waals surface area contributed by atoms with Gasteiger partial charge in [-0.3, -0.25) is 0 Å². The van der Waals surface area contributed by atoms with Gasteiger partial charge in [0.05, 0.1) is 11.0 Å². The van der Waals surface area contributed by atoms with E-state index in [-0.39, 0.29) is 0 Å². The fraction of sp³-hybridized carbons (Fsp3) is 0.500. The molecule has 0 aliphatic carbocycles. The van der Waals surface area contributed by atoms with E-state index in [1.807, 2.05) is 12.1 Å². The fourth-order valence-electron chi connectivity index (χ4n) is 2.00. The number of benzene rings is 1. The first-order valence-corrected chi connectivity index (χ1v) is 7.90. The van der Waals surface area contributed by atoms with Crippen molar-refractivity contribution in [3.05, 3.63) is 23.2 Å². The van der Waals surface area contributed by atoms with Crippen LogP contribution in [0.1, 0.15) is 19.8 Å². The third-order valence-electron chi connectivity index (χ3n) is 2.85. The van der Waals surface area contributed by atoms with E-state index >= 15 is 0 Å². The van der Waals surface area contributed by atoms with Crippen LogP contribution in [-0.4, -0.2) is 29.0 Å². The lowest BCUT2D eigenvalue weighted by Crippen LogP contribution is -1.99. The van der Waals surface area contributed by atoms with Crippen LogP contribution in [0.3, 0.4) is 0 Å². The van der Waals surface area contributed by atoms with Crippen molar-refractivity contribution in [3.8, 4) is 0 Å². The predicted octanol–water partition coefficient (Wildman–Crippen LogP) is 4.23. The van der Waals surface area contributed by atoms with E-state index in [4.69, 9.17) is 21.3 Å². The maximum Gasteiger partial charge on any atom is 0.169 e. The van der Waals surface area contributed by atoms with Crippen LogP contribution in [-0.2, 0) is 11.3 Å². The number of aromatic nitrogens is 2. The van der Waals surface area contributed by atoms with E-state index in [9.17, 15) is 0 Å². The Morgan fingerprint density at radius 1 is 1.42 bits per heavy atom. The molecule has 0 saturated heterocycles. The lowest BCUT2D eigenvalue weighted by Gasteiger charge is -2.07. The number of ether oxygens (including phenoxy) is 1. The molecule has 0 amide bonds. The molecule has 0 aliphatic heterocycles. The van der Waals surface area contributed by atoms with Crippen molar-refractivity contribution in [2.24, 2.45) is 0 Å². The van der Waals surface area contributed by atoms with Crippen LogP contribution in [0.15, 0.2) is 23.4 Å². The Hall–Kier alpha value is -0.710. The third kappa shape index (κ3) is 3.65. The minimum atomic E-state index is 0.740. The van der Waals surface area contributed by atoms with Gasteiger partial charge in [0.25, 0.3) is 0 Å². The van der Waals surface area contributed by atoms with Crippen LogP contribution < -0.4 is 0 Å². The number of halogens is 1. The minimum absolute atomic E-state index is 0.740. The highest BCUT2D eigenvalue weighted by Crippen LogP contribution is 2.26. The van der Waals surface area contributed by atoms with Crippen LogP contribution in [0, 0.1) is 0 Å². The number of nitrogens with zero attached hydrogens (tertiary/aromatic N) is 2. The van der Waals surface area contributed by atoms with Gasteiger partial charge in [-0.05, 0) is 31.0 Å². The summed E-state index contributed by atoms with van der Waals surface area (Å²) >= 11 is 7.82. The Morgan fingerprint density at radius 3 is 3.00 bits per heavy atom. The van der Waals surface area contributed by atoms with Crippen molar-refractivity contribution in [2.45, 2.75) is 31.5 Å². The van der Waals surface area contributed by atoms with Gasteiger partial charge in [-0.15, -0.1) is 0 Å². The summed E-state index contributed by atoms with van der Waals surface area (Å²) in [5, 5.41) is 1.82. The maximum absolute atomic E-state index is 6.03. The number of thioether (sulfide) groups is 1. The van der Waals surface area contributed by atoms with Crippen molar-refractivity contribution < 1.29 is 4.74 Å². The molecule has 1 aromatic carbocycles. The van der Waals surface area contributed by atoms with E-state index in [1.165, 1.54) is 5.52 Å². The van der Waals surface area contributed by atoms with Gasteiger partial charge in [-0.1, -0.05) is 30.3 Å². The highest BCUT2D eigenvalue weighted by Gasteiger charge is 2.10. The largest absolute Gasteiger partial charge is 0.385 e. The van der Waals surface area contributed by atoms with E-state index < -0.39 is 0 Å². The molecule has 19 heavy (non-hydrogen) atoms. The summed E-state index contributed by atoms with van der Waals surface area (Å²) in [6.07, 6.45) is 2.14. The van der Waals surface area contributed by atoms with Gasteiger partial charge in [-0.2, -0.15) is 0 Å². The monoisotopic (exact) mass is 298 g/mol. The molecule has 5 heteroatoms. The Balaban J connectivity index is 2.22. The Kier molecular flexibility index (Phi) is 5.55. The van der Waals surface area contributed by atoms with Crippen molar-refractivity contribution in [1.82, 2.24) is 9.55 Å². The average molecular weight is 299 g/mol. The highest BCUT2D eigenvalue weighted by atomic mass is 35.5. The summed E-state index contributed by atoms with van der Waals surface area (Å²) in [4.78, 5) is 4.69. The summed E-state index contributed by atoms with van der Waals surface area (Å²) in [7, 11) is 1.74. The summed E-state index contributed by atoms with van der Waals surface area (Å²) in [6, 6.07) is 5.92. The summed E-state index contributed by atoms with van der Waals surface area (Å²) in [5.74, 6) is 1.02. The first-order valence-electron chi connectivity index (χ1n) is 6.53. The molecule has 104 valence electrons. The molecule has 3 nitrogen and oxygen atoms in total. The molecular weight excluding hydrogens is 280 g/mol. The van der Waals surface area contributed by atoms with E-state index in [0.29, 0.717) is 0 Å². The summed E-state index contributed by atoms with van der Waals surface area (Å²) in [6.45, 7) is 3.97. The molecule has 0 aliphatic rings. The van der Waals surface area contributed by atoms with Gasteiger partial charge >= 0.3 is 0 Å². The smallest absolute Gasteiger partial charge is 0.169 e. The quantitative estimate of drug-likeness (QED) is 0.565. The maximum atomic E-state index is 6.03. The van der Waals surface area contributed by atoms with Crippen molar-refractivity contribution in [3.63, 3.8) is 0 Å². The summed E-state index contributed by atoms with van der Waals surface area (Å²) < 4.78 is 7.36. The zero-order valence-corrected chi connectivity index (χ0v) is 12.9. The molecule has 2 rings (SSSR count). The van der Waals surface area contributed by atoms with E-state index in [2.05, 4.69) is 17.6 Å². The molecule has 0 spiro atoms. The zero-order valence-electron chi connectivity index (χ0n) is 11.4. The molecule has 0 bridgehead atoms. The first-order chi connectivity index (χ1) is 9.26. The number of hydrogen-bond donors (Lipinski definition) is 0. The van der Waals surface area contributed by atoms with Gasteiger partial charge < -0.3 is 9.30 Å². The molecule has 0 unspecified atom stereocenters. The molecule has 0 saturated carbocycles. The van der Waals surface area contributed by atoms with Gasteiger partial charge in [0, 0.05) is 31.0 Å². The lowest BCUT2D eigenvalue weighted by atomic mass is 10.3. The number of aryl methyl sites for hydroxylation is 1. The van der Waals surface area contributed by atoms with Gasteiger partial charge in [0.15, 0.2) is 5.16 Å². The van der Waals surface area contributed by atoms with Gasteiger partial charge in [0.2, 0.25) is 0 Å². The minimum Gasteiger partial charge on any atom is -0.385 e. The molecule has 0 radical (unpaired) electrons. The molecule has 2 aromatic rings. The second kappa shape index (κ2) is 7.17. The number of hydrogen-bond acceptors (Lipinski definition) is 3. The van der Waals surface area contributed by atoms with E-state index in [1.54, 1.807) is 18.9 Å². The lowest BCUT2D eigenvalue weighted by molar-refractivity contribution is 0.200. The fourth-order valence-corrected chi connectivity index (χ4v) is 3.12. The molecule has 0 atom stereocenters. The second-order valence-electron chi connectivity index (χ2n) is 4.37. The van der Waals surface area contributed by atoms with Crippen LogP contribution in [0.5, 0.6) is 0 Å². The topological polar surface area (TPSA) is 27.1 Å².